The van der Waals surface area contributed by atoms with E-state index in [1.54, 1.807) is 18.2 Å². The smallest absolute Gasteiger partial charge is 0.496 e. The number of hydrogen-bond donors (Lipinski definition) is 3. The maximum absolute atomic E-state index is 12.3. The highest BCUT2D eigenvalue weighted by Crippen LogP contribution is 2.25. The first-order chi connectivity index (χ1) is 14.6. The van der Waals surface area contributed by atoms with Gasteiger partial charge in [0.05, 0.1) is 19.6 Å². The van der Waals surface area contributed by atoms with E-state index in [0.717, 1.165) is 0 Å². The molecule has 1 amide bonds. The van der Waals surface area contributed by atoms with E-state index in [9.17, 15) is 27.9 Å². The van der Waals surface area contributed by atoms with Gasteiger partial charge in [-0.3, -0.25) is 9.59 Å². The van der Waals surface area contributed by atoms with E-state index < -0.39 is 30.8 Å². The Labute approximate surface area is 175 Å². The SMILES string of the molecule is COc1ccc(C(=O)NCC(O)CC(=O)O)cc1/C=C/c1ccc(OC(F)(F)F)cc1. The summed E-state index contributed by atoms with van der Waals surface area (Å²) in [7, 11) is 1.44. The maximum atomic E-state index is 12.3. The number of halogens is 3. The van der Waals surface area contributed by atoms with Gasteiger partial charge in [0.2, 0.25) is 0 Å². The van der Waals surface area contributed by atoms with E-state index in [-0.39, 0.29) is 17.9 Å². The van der Waals surface area contributed by atoms with Crippen LogP contribution >= 0.6 is 0 Å². The van der Waals surface area contributed by atoms with Crippen molar-refractivity contribution < 1.29 is 42.4 Å². The van der Waals surface area contributed by atoms with E-state index in [4.69, 9.17) is 9.84 Å². The third-order valence-electron chi connectivity index (χ3n) is 3.97. The predicted molar refractivity (Wildman–Crippen MR) is 106 cm³/mol. The van der Waals surface area contributed by atoms with E-state index in [1.807, 2.05) is 0 Å². The summed E-state index contributed by atoms with van der Waals surface area (Å²) in [6.07, 6.45) is -3.25. The molecule has 2 rings (SSSR count). The van der Waals surface area contributed by atoms with Crippen LogP contribution in [0.5, 0.6) is 11.5 Å². The standard InChI is InChI=1S/C21H20F3NO6/c1-30-18-9-6-15(20(29)25-12-16(26)11-19(27)28)10-14(18)5-2-13-3-7-17(8-4-13)31-21(22,23)24/h2-10,16,26H,11-12H2,1H3,(H,25,29)(H,27,28)/b5-2+. The lowest BCUT2D eigenvalue weighted by Gasteiger charge is -2.11. The predicted octanol–water partition coefficient (Wildman–Crippen LogP) is 3.33. The number of methoxy groups -OCH3 is 1. The van der Waals surface area contributed by atoms with Gasteiger partial charge >= 0.3 is 12.3 Å². The molecule has 10 heteroatoms. The molecule has 0 fully saturated rings. The highest BCUT2D eigenvalue weighted by atomic mass is 19.4. The molecule has 3 N–H and O–H groups in total. The molecule has 0 spiro atoms. The largest absolute Gasteiger partial charge is 0.573 e. The third kappa shape index (κ3) is 8.01. The monoisotopic (exact) mass is 439 g/mol. The highest BCUT2D eigenvalue weighted by molar-refractivity contribution is 5.95. The molecule has 0 saturated carbocycles. The number of aliphatic hydroxyl groups is 1. The fraction of sp³-hybridized carbons (Fsp3) is 0.238. The van der Waals surface area contributed by atoms with E-state index >= 15 is 0 Å². The van der Waals surface area contributed by atoms with Crippen molar-refractivity contribution in [3.63, 3.8) is 0 Å². The first-order valence-electron chi connectivity index (χ1n) is 8.97. The molecule has 0 radical (unpaired) electrons. The number of carbonyl (C=O) groups excluding carboxylic acids is 1. The molecule has 1 atom stereocenters. The van der Waals surface area contributed by atoms with Crippen LogP contribution in [0.1, 0.15) is 27.9 Å². The lowest BCUT2D eigenvalue weighted by Crippen LogP contribution is -2.33. The number of carboxylic acid groups (broad SMARTS) is 1. The normalized spacial score (nSPS) is 12.4. The average Bonchev–Trinajstić information content (AvgIpc) is 2.69. The van der Waals surface area contributed by atoms with Gasteiger partial charge in [-0.1, -0.05) is 24.3 Å². The van der Waals surface area contributed by atoms with Crippen molar-refractivity contribution >= 4 is 24.0 Å². The summed E-state index contributed by atoms with van der Waals surface area (Å²) in [6.45, 7) is -0.227. The van der Waals surface area contributed by atoms with Crippen molar-refractivity contribution in [3.05, 3.63) is 59.2 Å². The van der Waals surface area contributed by atoms with Gasteiger partial charge in [-0.05, 0) is 35.9 Å². The summed E-state index contributed by atoms with van der Waals surface area (Å²) in [6, 6.07) is 9.80. The molecule has 0 aliphatic heterocycles. The minimum Gasteiger partial charge on any atom is -0.496 e. The van der Waals surface area contributed by atoms with Crippen molar-refractivity contribution in [3.8, 4) is 11.5 Å². The number of aliphatic carboxylic acids is 1. The van der Waals surface area contributed by atoms with E-state index in [0.29, 0.717) is 16.9 Å². The van der Waals surface area contributed by atoms with E-state index in [2.05, 4.69) is 10.1 Å². The van der Waals surface area contributed by atoms with Crippen LogP contribution in [0.3, 0.4) is 0 Å². The number of aliphatic hydroxyl groups excluding tert-OH is 1. The minimum atomic E-state index is -4.77. The summed E-state index contributed by atoms with van der Waals surface area (Å²) in [5.74, 6) is -1.59. The molecule has 1 unspecified atom stereocenters. The van der Waals surface area contributed by atoms with Crippen molar-refractivity contribution in [1.82, 2.24) is 5.32 Å². The first-order valence-corrected chi connectivity index (χ1v) is 8.97. The first kappa shape index (κ1) is 23.7. The van der Waals surface area contributed by atoms with Crippen molar-refractivity contribution in [2.45, 2.75) is 18.9 Å². The summed E-state index contributed by atoms with van der Waals surface area (Å²) in [4.78, 5) is 22.8. The zero-order valence-electron chi connectivity index (χ0n) is 16.3. The molecule has 0 aromatic heterocycles. The second-order valence-corrected chi connectivity index (χ2v) is 6.37. The Kier molecular flexibility index (Phi) is 8.03. The molecule has 0 aliphatic rings. The molecule has 2 aromatic rings. The Balaban J connectivity index is 2.11. The van der Waals surface area contributed by atoms with Gasteiger partial charge < -0.3 is 25.0 Å². The van der Waals surface area contributed by atoms with Crippen LogP contribution in [0.2, 0.25) is 0 Å². The fourth-order valence-electron chi connectivity index (χ4n) is 2.56. The molecule has 7 nitrogen and oxygen atoms in total. The average molecular weight is 439 g/mol. The summed E-state index contributed by atoms with van der Waals surface area (Å²) in [5, 5.41) is 20.6. The second kappa shape index (κ2) is 10.5. The molecule has 0 saturated heterocycles. The van der Waals surface area contributed by atoms with E-state index in [1.165, 1.54) is 43.5 Å². The van der Waals surface area contributed by atoms with Gasteiger partial charge in [-0.25, -0.2) is 0 Å². The topological polar surface area (TPSA) is 105 Å². The fourth-order valence-corrected chi connectivity index (χ4v) is 2.56. The van der Waals surface area contributed by atoms with Crippen LogP contribution in [-0.4, -0.2) is 48.2 Å². The summed E-state index contributed by atoms with van der Waals surface area (Å²) >= 11 is 0. The van der Waals surface area contributed by atoms with Crippen LogP contribution in [0.25, 0.3) is 12.2 Å². The number of amides is 1. The lowest BCUT2D eigenvalue weighted by atomic mass is 10.1. The number of ether oxygens (including phenoxy) is 2. The molecular weight excluding hydrogens is 419 g/mol. The Hall–Kier alpha value is -3.53. The van der Waals surface area contributed by atoms with Crippen molar-refractivity contribution in [2.75, 3.05) is 13.7 Å². The van der Waals surface area contributed by atoms with Crippen LogP contribution in [0, 0.1) is 0 Å². The molecule has 31 heavy (non-hydrogen) atoms. The molecule has 0 heterocycles. The summed E-state index contributed by atoms with van der Waals surface area (Å²) < 4.78 is 45.8. The molecular formula is C21H20F3NO6. The number of hydrogen-bond acceptors (Lipinski definition) is 5. The van der Waals surface area contributed by atoms with Crippen molar-refractivity contribution in [2.24, 2.45) is 0 Å². The summed E-state index contributed by atoms with van der Waals surface area (Å²) in [5.41, 5.74) is 1.36. The molecule has 0 bridgehead atoms. The van der Waals surface area contributed by atoms with Crippen molar-refractivity contribution in [1.29, 1.82) is 0 Å². The number of benzene rings is 2. The number of carboxylic acids is 1. The van der Waals surface area contributed by atoms with Gasteiger partial charge in [0.25, 0.3) is 5.91 Å². The van der Waals surface area contributed by atoms with Crippen LogP contribution in [0.4, 0.5) is 13.2 Å². The Morgan fingerprint density at radius 3 is 2.39 bits per heavy atom. The third-order valence-corrected chi connectivity index (χ3v) is 3.97. The zero-order chi connectivity index (χ0) is 23.0. The van der Waals surface area contributed by atoms with Gasteiger partial charge in [0.1, 0.15) is 11.5 Å². The second-order valence-electron chi connectivity index (χ2n) is 6.37. The zero-order valence-corrected chi connectivity index (χ0v) is 16.3. The quantitative estimate of drug-likeness (QED) is 0.518. The van der Waals surface area contributed by atoms with Gasteiger partial charge in [-0.2, -0.15) is 0 Å². The molecule has 0 aliphatic carbocycles. The Bertz CT molecular complexity index is 941. The number of nitrogens with one attached hydrogen (secondary N) is 1. The molecule has 2 aromatic carbocycles. The number of alkyl halides is 3. The Morgan fingerprint density at radius 2 is 1.81 bits per heavy atom. The van der Waals surface area contributed by atoms with Gasteiger partial charge in [0.15, 0.2) is 0 Å². The van der Waals surface area contributed by atoms with Gasteiger partial charge in [-0.15, -0.1) is 13.2 Å². The van der Waals surface area contributed by atoms with Crippen LogP contribution < -0.4 is 14.8 Å². The van der Waals surface area contributed by atoms with Gasteiger partial charge in [0, 0.05) is 17.7 Å². The van der Waals surface area contributed by atoms with Crippen LogP contribution in [-0.2, 0) is 4.79 Å². The lowest BCUT2D eigenvalue weighted by molar-refractivity contribution is -0.274. The molecule has 166 valence electrons. The highest BCUT2D eigenvalue weighted by Gasteiger charge is 2.30. The maximum Gasteiger partial charge on any atom is 0.573 e. The Morgan fingerprint density at radius 1 is 1.13 bits per heavy atom. The number of carbonyl (C=O) groups is 2. The number of rotatable bonds is 9. The minimum absolute atomic E-state index is 0.227. The van der Waals surface area contributed by atoms with Crippen LogP contribution in [0.15, 0.2) is 42.5 Å².